The average molecular weight is 423 g/mol. The molecule has 0 unspecified atom stereocenters. The summed E-state index contributed by atoms with van der Waals surface area (Å²) in [5.41, 5.74) is -0.0885. The highest BCUT2D eigenvalue weighted by Gasteiger charge is 2.26. The Morgan fingerprint density at radius 1 is 1.24 bits per heavy atom. The van der Waals surface area contributed by atoms with Crippen LogP contribution in [0.3, 0.4) is 0 Å². The van der Waals surface area contributed by atoms with Crippen molar-refractivity contribution in [3.05, 3.63) is 46.5 Å². The number of fused-ring (bicyclic) bond motifs is 1. The highest BCUT2D eigenvalue weighted by molar-refractivity contribution is 7.92. The lowest BCUT2D eigenvalue weighted by Gasteiger charge is -2.23. The number of hydrogen-bond acceptors (Lipinski definition) is 8. The van der Waals surface area contributed by atoms with Crippen LogP contribution < -0.4 is 23.8 Å². The first-order valence-electron chi connectivity index (χ1n) is 8.18. The molecule has 0 radical (unpaired) electrons. The van der Waals surface area contributed by atoms with Crippen molar-refractivity contribution in [3.63, 3.8) is 0 Å². The van der Waals surface area contributed by atoms with E-state index < -0.39 is 27.4 Å². The van der Waals surface area contributed by atoms with Gasteiger partial charge in [-0.3, -0.25) is 19.2 Å². The molecule has 1 heterocycles. The van der Waals surface area contributed by atoms with E-state index in [0.29, 0.717) is 17.2 Å². The molecule has 0 aromatic heterocycles. The van der Waals surface area contributed by atoms with Crippen molar-refractivity contribution in [1.29, 1.82) is 0 Å². The van der Waals surface area contributed by atoms with E-state index >= 15 is 0 Å². The fourth-order valence-electron chi connectivity index (χ4n) is 2.67. The van der Waals surface area contributed by atoms with Crippen molar-refractivity contribution < 1.29 is 32.3 Å². The number of amides is 1. The van der Waals surface area contributed by atoms with Gasteiger partial charge in [-0.1, -0.05) is 0 Å². The number of carbonyl (C=O) groups excluding carboxylic acids is 1. The number of non-ortho nitro benzene ring substituents is 1. The van der Waals surface area contributed by atoms with Crippen molar-refractivity contribution in [2.24, 2.45) is 0 Å². The highest BCUT2D eigenvalue weighted by atomic mass is 32.2. The Hall–Kier alpha value is -3.54. The Kier molecular flexibility index (Phi) is 5.46. The molecule has 0 aliphatic carbocycles. The summed E-state index contributed by atoms with van der Waals surface area (Å²) in [7, 11) is -2.68. The Morgan fingerprint density at radius 3 is 2.62 bits per heavy atom. The first-order chi connectivity index (χ1) is 13.7. The summed E-state index contributed by atoms with van der Waals surface area (Å²) < 4.78 is 40.9. The van der Waals surface area contributed by atoms with Crippen LogP contribution in [-0.2, 0) is 14.8 Å². The number of carbonyl (C=O) groups is 1. The van der Waals surface area contributed by atoms with Gasteiger partial charge in [0.2, 0.25) is 22.7 Å². The number of hydrogen-bond donors (Lipinski definition) is 1. The van der Waals surface area contributed by atoms with Gasteiger partial charge in [-0.15, -0.1) is 0 Å². The van der Waals surface area contributed by atoms with Crippen LogP contribution in [0.5, 0.6) is 17.2 Å². The maximum absolute atomic E-state index is 12.5. The van der Waals surface area contributed by atoms with Gasteiger partial charge in [0.25, 0.3) is 5.69 Å². The van der Waals surface area contributed by atoms with Crippen LogP contribution in [0.2, 0.25) is 0 Å². The average Bonchev–Trinajstić information content (AvgIpc) is 3.12. The fourth-order valence-corrected chi connectivity index (χ4v) is 3.52. The molecule has 29 heavy (non-hydrogen) atoms. The van der Waals surface area contributed by atoms with E-state index in [1.807, 2.05) is 0 Å². The molecule has 0 saturated carbocycles. The van der Waals surface area contributed by atoms with Crippen molar-refractivity contribution >= 4 is 33.0 Å². The Balaban J connectivity index is 1.88. The number of benzene rings is 2. The molecule has 0 fully saturated rings. The normalized spacial score (nSPS) is 12.3. The topological polar surface area (TPSA) is 137 Å². The minimum Gasteiger partial charge on any atom is -0.495 e. The number of anilines is 2. The number of nitrogens with zero attached hydrogens (tertiary/aromatic N) is 2. The maximum atomic E-state index is 12.5. The van der Waals surface area contributed by atoms with Crippen molar-refractivity contribution in [2.45, 2.75) is 0 Å². The third kappa shape index (κ3) is 4.48. The second-order valence-electron chi connectivity index (χ2n) is 6.00. The molecule has 1 amide bonds. The van der Waals surface area contributed by atoms with E-state index in [1.165, 1.54) is 19.2 Å². The molecule has 0 atom stereocenters. The Bertz CT molecular complexity index is 1070. The molecule has 2 aromatic carbocycles. The molecule has 0 saturated heterocycles. The van der Waals surface area contributed by atoms with Crippen LogP contribution in [0.4, 0.5) is 17.1 Å². The van der Waals surface area contributed by atoms with Crippen molar-refractivity contribution in [3.8, 4) is 17.2 Å². The number of nitro benzene ring substituents is 1. The quantitative estimate of drug-likeness (QED) is 0.525. The Labute approximate surface area is 166 Å². The van der Waals surface area contributed by atoms with E-state index in [9.17, 15) is 23.3 Å². The molecule has 1 aliphatic heterocycles. The molecule has 1 N–H and O–H groups in total. The minimum atomic E-state index is -3.96. The zero-order valence-electron chi connectivity index (χ0n) is 15.4. The van der Waals surface area contributed by atoms with Crippen LogP contribution in [0, 0.1) is 10.1 Å². The van der Waals surface area contributed by atoms with Gasteiger partial charge in [-0.25, -0.2) is 8.42 Å². The lowest BCUT2D eigenvalue weighted by Crippen LogP contribution is -2.37. The number of methoxy groups -OCH3 is 1. The van der Waals surface area contributed by atoms with Crippen LogP contribution in [0.15, 0.2) is 36.4 Å². The molecule has 154 valence electrons. The molecule has 0 bridgehead atoms. The molecule has 11 nitrogen and oxygen atoms in total. The van der Waals surface area contributed by atoms with E-state index in [1.54, 1.807) is 18.2 Å². The molecular weight excluding hydrogens is 406 g/mol. The lowest BCUT2D eigenvalue weighted by atomic mass is 10.2. The number of rotatable bonds is 7. The third-order valence-electron chi connectivity index (χ3n) is 3.99. The van der Waals surface area contributed by atoms with Crippen LogP contribution in [0.1, 0.15) is 0 Å². The number of nitro groups is 1. The molecule has 12 heteroatoms. The second-order valence-corrected chi connectivity index (χ2v) is 7.91. The Morgan fingerprint density at radius 2 is 1.97 bits per heavy atom. The zero-order valence-corrected chi connectivity index (χ0v) is 16.3. The molecule has 1 aliphatic rings. The largest absolute Gasteiger partial charge is 0.495 e. The predicted octanol–water partition coefficient (Wildman–Crippen LogP) is 1.74. The smallest absolute Gasteiger partial charge is 0.271 e. The minimum absolute atomic E-state index is 0.0666. The van der Waals surface area contributed by atoms with Gasteiger partial charge in [-0.2, -0.15) is 0 Å². The molecule has 2 aromatic rings. The molecular formula is C17H17N3O8S. The first kappa shape index (κ1) is 20.2. The van der Waals surface area contributed by atoms with Gasteiger partial charge in [0.1, 0.15) is 18.0 Å². The van der Waals surface area contributed by atoms with Gasteiger partial charge < -0.3 is 19.5 Å². The van der Waals surface area contributed by atoms with Gasteiger partial charge in [0.15, 0.2) is 11.5 Å². The van der Waals surface area contributed by atoms with Crippen LogP contribution >= 0.6 is 0 Å². The standard InChI is InChI=1S/C17H17N3O8S/c1-26-14-6-4-12(20(22)23)8-13(14)19(29(2,24)25)9-17(21)18-11-3-5-15-16(7-11)28-10-27-15/h3-8H,9-10H2,1-2H3,(H,18,21). The van der Waals surface area contributed by atoms with Crippen molar-refractivity contribution in [1.82, 2.24) is 0 Å². The summed E-state index contributed by atoms with van der Waals surface area (Å²) in [4.78, 5) is 22.9. The predicted molar refractivity (Wildman–Crippen MR) is 103 cm³/mol. The van der Waals surface area contributed by atoms with Gasteiger partial charge in [-0.05, 0) is 18.2 Å². The number of ether oxygens (including phenoxy) is 3. The van der Waals surface area contributed by atoms with E-state index in [4.69, 9.17) is 14.2 Å². The maximum Gasteiger partial charge on any atom is 0.271 e. The summed E-state index contributed by atoms with van der Waals surface area (Å²) in [6, 6.07) is 8.20. The van der Waals surface area contributed by atoms with E-state index in [2.05, 4.69) is 5.32 Å². The van der Waals surface area contributed by atoms with Gasteiger partial charge in [0.05, 0.1) is 18.3 Å². The summed E-state index contributed by atoms with van der Waals surface area (Å²) in [6.45, 7) is -0.550. The summed E-state index contributed by atoms with van der Waals surface area (Å²) >= 11 is 0. The molecule has 3 rings (SSSR count). The number of sulfonamides is 1. The summed E-state index contributed by atoms with van der Waals surface area (Å²) in [6.07, 6.45) is 0.888. The van der Waals surface area contributed by atoms with Crippen molar-refractivity contribution in [2.75, 3.05) is 36.3 Å². The lowest BCUT2D eigenvalue weighted by molar-refractivity contribution is -0.384. The first-order valence-corrected chi connectivity index (χ1v) is 10.0. The SMILES string of the molecule is COc1ccc([N+](=O)[O-])cc1N(CC(=O)Nc1ccc2c(c1)OCO2)S(C)(=O)=O. The van der Waals surface area contributed by atoms with E-state index in [-0.39, 0.29) is 23.9 Å². The monoisotopic (exact) mass is 423 g/mol. The highest BCUT2D eigenvalue weighted by Crippen LogP contribution is 2.35. The van der Waals surface area contributed by atoms with Crippen LogP contribution in [0.25, 0.3) is 0 Å². The van der Waals surface area contributed by atoms with Gasteiger partial charge in [0, 0.05) is 23.9 Å². The summed E-state index contributed by atoms with van der Waals surface area (Å²) in [5, 5.41) is 13.6. The zero-order chi connectivity index (χ0) is 21.2. The van der Waals surface area contributed by atoms with Gasteiger partial charge >= 0.3 is 0 Å². The third-order valence-corrected chi connectivity index (χ3v) is 5.11. The second kappa shape index (κ2) is 7.83. The molecule has 0 spiro atoms. The van der Waals surface area contributed by atoms with E-state index in [0.717, 1.165) is 16.6 Å². The fraction of sp³-hybridized carbons (Fsp3) is 0.235. The number of nitrogens with one attached hydrogen (secondary N) is 1. The summed E-state index contributed by atoms with van der Waals surface area (Å²) in [5.74, 6) is 0.380. The van der Waals surface area contributed by atoms with Crippen LogP contribution in [-0.4, -0.2) is 46.0 Å².